The Kier molecular flexibility index (Phi) is 3.75. The SMILES string of the molecule is CC1CNCCC1NC(=O)c1cc2ccccc2c(=O)[nH]1. The standard InChI is InChI=1S/C16H19N3O2/c1-10-9-17-7-6-13(10)18-16(21)14-8-11-4-2-3-5-12(11)15(20)19-14/h2-5,8,10,13,17H,6-7,9H2,1H3,(H,18,21)(H,19,20). The average Bonchev–Trinajstić information content (AvgIpc) is 2.49. The first-order valence-electron chi connectivity index (χ1n) is 7.29. The summed E-state index contributed by atoms with van der Waals surface area (Å²) in [6, 6.07) is 9.15. The molecule has 110 valence electrons. The van der Waals surface area contributed by atoms with Gasteiger partial charge in [0, 0.05) is 11.4 Å². The number of aromatic nitrogens is 1. The van der Waals surface area contributed by atoms with Gasteiger partial charge in [-0.2, -0.15) is 0 Å². The van der Waals surface area contributed by atoms with Crippen LogP contribution < -0.4 is 16.2 Å². The minimum absolute atomic E-state index is 0.147. The second kappa shape index (κ2) is 5.69. The average molecular weight is 285 g/mol. The summed E-state index contributed by atoms with van der Waals surface area (Å²) in [5.74, 6) is 0.173. The number of aromatic amines is 1. The van der Waals surface area contributed by atoms with Crippen LogP contribution in [-0.2, 0) is 0 Å². The third kappa shape index (κ3) is 2.83. The molecule has 3 rings (SSSR count). The lowest BCUT2D eigenvalue weighted by molar-refractivity contribution is 0.0909. The van der Waals surface area contributed by atoms with Gasteiger partial charge in [-0.1, -0.05) is 25.1 Å². The molecule has 2 atom stereocenters. The van der Waals surface area contributed by atoms with Gasteiger partial charge in [-0.05, 0) is 42.9 Å². The summed E-state index contributed by atoms with van der Waals surface area (Å²) in [4.78, 5) is 27.0. The molecule has 1 saturated heterocycles. The molecular formula is C16H19N3O2. The first-order valence-corrected chi connectivity index (χ1v) is 7.29. The van der Waals surface area contributed by atoms with E-state index in [-0.39, 0.29) is 17.5 Å². The zero-order valence-corrected chi connectivity index (χ0v) is 12.0. The minimum Gasteiger partial charge on any atom is -0.348 e. The molecule has 21 heavy (non-hydrogen) atoms. The van der Waals surface area contributed by atoms with E-state index < -0.39 is 0 Å². The van der Waals surface area contributed by atoms with E-state index in [0.717, 1.165) is 24.9 Å². The number of carbonyl (C=O) groups excluding carboxylic acids is 1. The van der Waals surface area contributed by atoms with Crippen molar-refractivity contribution in [3.05, 3.63) is 46.4 Å². The van der Waals surface area contributed by atoms with Gasteiger partial charge in [0.2, 0.25) is 0 Å². The molecule has 1 aromatic heterocycles. The number of fused-ring (bicyclic) bond motifs is 1. The van der Waals surface area contributed by atoms with Crippen LogP contribution in [0.3, 0.4) is 0 Å². The monoisotopic (exact) mass is 285 g/mol. The Morgan fingerprint density at radius 3 is 2.95 bits per heavy atom. The van der Waals surface area contributed by atoms with Gasteiger partial charge < -0.3 is 15.6 Å². The van der Waals surface area contributed by atoms with Gasteiger partial charge in [0.05, 0.1) is 0 Å². The molecule has 2 aromatic rings. The number of piperidine rings is 1. The number of rotatable bonds is 2. The van der Waals surface area contributed by atoms with Crippen molar-refractivity contribution >= 4 is 16.7 Å². The van der Waals surface area contributed by atoms with E-state index in [9.17, 15) is 9.59 Å². The van der Waals surface area contributed by atoms with Crippen molar-refractivity contribution in [2.75, 3.05) is 13.1 Å². The van der Waals surface area contributed by atoms with E-state index in [2.05, 4.69) is 22.5 Å². The number of carbonyl (C=O) groups is 1. The van der Waals surface area contributed by atoms with Crippen LogP contribution in [0, 0.1) is 5.92 Å². The normalized spacial score (nSPS) is 22.1. The predicted molar refractivity (Wildman–Crippen MR) is 82.5 cm³/mol. The summed E-state index contributed by atoms with van der Waals surface area (Å²) in [7, 11) is 0. The maximum Gasteiger partial charge on any atom is 0.268 e. The van der Waals surface area contributed by atoms with Gasteiger partial charge >= 0.3 is 0 Å². The van der Waals surface area contributed by atoms with Crippen LogP contribution in [0.4, 0.5) is 0 Å². The third-order valence-corrected chi connectivity index (χ3v) is 4.10. The van der Waals surface area contributed by atoms with E-state index in [1.807, 2.05) is 18.2 Å². The summed E-state index contributed by atoms with van der Waals surface area (Å²) >= 11 is 0. The van der Waals surface area contributed by atoms with E-state index >= 15 is 0 Å². The fourth-order valence-corrected chi connectivity index (χ4v) is 2.81. The molecule has 0 saturated carbocycles. The smallest absolute Gasteiger partial charge is 0.268 e. The highest BCUT2D eigenvalue weighted by molar-refractivity contribution is 5.96. The summed E-state index contributed by atoms with van der Waals surface area (Å²) in [5.41, 5.74) is 0.0982. The molecule has 1 amide bonds. The van der Waals surface area contributed by atoms with Crippen molar-refractivity contribution in [3.63, 3.8) is 0 Å². The molecule has 1 aromatic carbocycles. The van der Waals surface area contributed by atoms with Crippen LogP contribution in [-0.4, -0.2) is 30.0 Å². The fourth-order valence-electron chi connectivity index (χ4n) is 2.81. The van der Waals surface area contributed by atoms with Gasteiger partial charge in [0.1, 0.15) is 5.69 Å². The number of nitrogens with one attached hydrogen (secondary N) is 3. The fraction of sp³-hybridized carbons (Fsp3) is 0.375. The van der Waals surface area contributed by atoms with E-state index in [1.54, 1.807) is 12.1 Å². The number of hydrogen-bond acceptors (Lipinski definition) is 3. The van der Waals surface area contributed by atoms with Gasteiger partial charge in [-0.25, -0.2) is 0 Å². The summed E-state index contributed by atoms with van der Waals surface area (Å²) in [5, 5.41) is 7.71. The zero-order valence-electron chi connectivity index (χ0n) is 12.0. The Morgan fingerprint density at radius 1 is 1.33 bits per heavy atom. The molecule has 2 heterocycles. The van der Waals surface area contributed by atoms with E-state index in [0.29, 0.717) is 17.0 Å². The Morgan fingerprint density at radius 2 is 2.14 bits per heavy atom. The van der Waals surface area contributed by atoms with Gasteiger partial charge in [0.15, 0.2) is 0 Å². The number of benzene rings is 1. The maximum atomic E-state index is 12.4. The molecule has 0 spiro atoms. The number of H-pyrrole nitrogens is 1. The van der Waals surface area contributed by atoms with Crippen LogP contribution in [0.15, 0.2) is 35.1 Å². The largest absolute Gasteiger partial charge is 0.348 e. The Balaban J connectivity index is 1.86. The Labute approximate surface area is 122 Å². The van der Waals surface area contributed by atoms with Crippen molar-refractivity contribution < 1.29 is 4.79 Å². The molecule has 0 bridgehead atoms. The second-order valence-corrected chi connectivity index (χ2v) is 5.65. The molecule has 0 radical (unpaired) electrons. The molecule has 2 unspecified atom stereocenters. The predicted octanol–water partition coefficient (Wildman–Crippen LogP) is 1.26. The quantitative estimate of drug-likeness (QED) is 0.777. The van der Waals surface area contributed by atoms with Crippen LogP contribution in [0.25, 0.3) is 10.8 Å². The second-order valence-electron chi connectivity index (χ2n) is 5.65. The van der Waals surface area contributed by atoms with Crippen molar-refractivity contribution in [3.8, 4) is 0 Å². The van der Waals surface area contributed by atoms with E-state index in [1.165, 1.54) is 0 Å². The summed E-state index contributed by atoms with van der Waals surface area (Å²) < 4.78 is 0. The lowest BCUT2D eigenvalue weighted by Crippen LogP contribution is -2.48. The highest BCUT2D eigenvalue weighted by atomic mass is 16.2. The molecule has 3 N–H and O–H groups in total. The van der Waals surface area contributed by atoms with Crippen LogP contribution in [0.2, 0.25) is 0 Å². The summed E-state index contributed by atoms with van der Waals surface area (Å²) in [6.45, 7) is 3.92. The molecule has 1 aliphatic heterocycles. The zero-order chi connectivity index (χ0) is 14.8. The Hall–Kier alpha value is -2.14. The lowest BCUT2D eigenvalue weighted by atomic mass is 9.95. The van der Waals surface area contributed by atoms with Crippen molar-refractivity contribution in [2.45, 2.75) is 19.4 Å². The summed E-state index contributed by atoms with van der Waals surface area (Å²) in [6.07, 6.45) is 0.907. The molecule has 5 heteroatoms. The molecular weight excluding hydrogens is 266 g/mol. The van der Waals surface area contributed by atoms with Crippen molar-refractivity contribution in [1.82, 2.24) is 15.6 Å². The number of amides is 1. The molecule has 1 aliphatic rings. The minimum atomic E-state index is -0.225. The molecule has 0 aliphatic carbocycles. The lowest BCUT2D eigenvalue weighted by Gasteiger charge is -2.30. The maximum absolute atomic E-state index is 12.4. The topological polar surface area (TPSA) is 74.0 Å². The molecule has 1 fully saturated rings. The first-order chi connectivity index (χ1) is 10.1. The van der Waals surface area contributed by atoms with Gasteiger partial charge in [-0.3, -0.25) is 9.59 Å². The van der Waals surface area contributed by atoms with Gasteiger partial charge in [0.25, 0.3) is 11.5 Å². The molecule has 5 nitrogen and oxygen atoms in total. The number of hydrogen-bond donors (Lipinski definition) is 3. The van der Waals surface area contributed by atoms with E-state index in [4.69, 9.17) is 0 Å². The third-order valence-electron chi connectivity index (χ3n) is 4.10. The van der Waals surface area contributed by atoms with Crippen LogP contribution in [0.5, 0.6) is 0 Å². The van der Waals surface area contributed by atoms with Gasteiger partial charge in [-0.15, -0.1) is 0 Å². The highest BCUT2D eigenvalue weighted by Crippen LogP contribution is 2.13. The highest BCUT2D eigenvalue weighted by Gasteiger charge is 2.23. The first kappa shape index (κ1) is 13.8. The number of pyridine rings is 1. The Bertz CT molecular complexity index is 723. The van der Waals surface area contributed by atoms with Crippen LogP contribution in [0.1, 0.15) is 23.8 Å². The van der Waals surface area contributed by atoms with Crippen molar-refractivity contribution in [2.24, 2.45) is 5.92 Å². The van der Waals surface area contributed by atoms with Crippen LogP contribution >= 0.6 is 0 Å². The van der Waals surface area contributed by atoms with Crippen molar-refractivity contribution in [1.29, 1.82) is 0 Å².